The number of nitrogens with one attached hydrogen (secondary N) is 2. The van der Waals surface area contributed by atoms with Gasteiger partial charge in [0.2, 0.25) is 5.91 Å². The minimum atomic E-state index is -0.668. The van der Waals surface area contributed by atoms with Crippen molar-refractivity contribution in [2.24, 2.45) is 22.5 Å². The van der Waals surface area contributed by atoms with Crippen LogP contribution in [-0.4, -0.2) is 36.1 Å². The Labute approximate surface area is 93.0 Å². The van der Waals surface area contributed by atoms with E-state index in [1.807, 2.05) is 0 Å². The number of hydrogen-bond acceptors (Lipinski definition) is 4. The highest BCUT2D eigenvalue weighted by molar-refractivity contribution is 6.01. The molecule has 92 valence electrons. The number of amidine groups is 1. The lowest BCUT2D eigenvalue weighted by atomic mass is 10.1. The molecule has 0 heterocycles. The third-order valence-electron chi connectivity index (χ3n) is 1.92. The molecule has 0 aliphatic heterocycles. The average molecular weight is 231 g/mol. The second kappa shape index (κ2) is 7.32. The fourth-order valence-corrected chi connectivity index (χ4v) is 1.09. The fourth-order valence-electron chi connectivity index (χ4n) is 1.09. The molecule has 16 heavy (non-hydrogen) atoms. The van der Waals surface area contributed by atoms with E-state index in [2.05, 4.69) is 15.8 Å². The van der Waals surface area contributed by atoms with E-state index < -0.39 is 11.9 Å². The normalized spacial score (nSPS) is 12.9. The molecule has 0 saturated carbocycles. The van der Waals surface area contributed by atoms with Gasteiger partial charge in [0.05, 0.1) is 5.92 Å². The molecule has 8 nitrogen and oxygen atoms in total. The molecule has 0 fully saturated rings. The summed E-state index contributed by atoms with van der Waals surface area (Å²) >= 11 is 0. The van der Waals surface area contributed by atoms with E-state index in [9.17, 15) is 9.59 Å². The van der Waals surface area contributed by atoms with E-state index in [1.54, 1.807) is 6.92 Å². The van der Waals surface area contributed by atoms with E-state index in [4.69, 9.17) is 16.7 Å². The molecule has 1 unspecified atom stereocenters. The number of rotatable bonds is 6. The summed E-state index contributed by atoms with van der Waals surface area (Å²) in [5, 5.41) is 16.1. The van der Waals surface area contributed by atoms with Crippen LogP contribution in [0.4, 0.5) is 4.79 Å². The minimum Gasteiger partial charge on any atom is -0.409 e. The Morgan fingerprint density at radius 2 is 1.88 bits per heavy atom. The highest BCUT2D eigenvalue weighted by atomic mass is 16.4. The second-order valence-electron chi connectivity index (χ2n) is 3.07. The summed E-state index contributed by atoms with van der Waals surface area (Å²) < 4.78 is 0. The van der Waals surface area contributed by atoms with Gasteiger partial charge < -0.3 is 27.3 Å². The van der Waals surface area contributed by atoms with Gasteiger partial charge in [-0.1, -0.05) is 12.1 Å². The van der Waals surface area contributed by atoms with Crippen LogP contribution in [0.1, 0.15) is 13.3 Å². The number of primary amides is 1. The number of nitrogens with zero attached hydrogens (tertiary/aromatic N) is 1. The van der Waals surface area contributed by atoms with E-state index in [0.29, 0.717) is 6.42 Å². The SMILES string of the molecule is CCC(C(=O)NCCNC(N)=O)C(N)=NO. The number of carbonyl (C=O) groups excluding carboxylic acids is 2. The summed E-state index contributed by atoms with van der Waals surface area (Å²) in [7, 11) is 0. The lowest BCUT2D eigenvalue weighted by Crippen LogP contribution is -2.42. The second-order valence-corrected chi connectivity index (χ2v) is 3.07. The van der Waals surface area contributed by atoms with Crippen molar-refractivity contribution < 1.29 is 14.8 Å². The summed E-state index contributed by atoms with van der Waals surface area (Å²) in [6.07, 6.45) is 0.422. The molecular formula is C8H17N5O3. The summed E-state index contributed by atoms with van der Waals surface area (Å²) in [6, 6.07) is -0.655. The Morgan fingerprint density at radius 1 is 1.31 bits per heavy atom. The molecule has 0 aromatic rings. The van der Waals surface area contributed by atoms with Crippen molar-refractivity contribution in [2.45, 2.75) is 13.3 Å². The zero-order valence-electron chi connectivity index (χ0n) is 9.06. The smallest absolute Gasteiger partial charge is 0.312 e. The predicted octanol–water partition coefficient (Wildman–Crippen LogP) is -1.46. The van der Waals surface area contributed by atoms with Crippen LogP contribution in [-0.2, 0) is 4.79 Å². The Balaban J connectivity index is 3.99. The van der Waals surface area contributed by atoms with Crippen molar-refractivity contribution in [1.82, 2.24) is 10.6 Å². The van der Waals surface area contributed by atoms with Crippen LogP contribution >= 0.6 is 0 Å². The molecule has 0 radical (unpaired) electrons. The maximum absolute atomic E-state index is 11.5. The maximum atomic E-state index is 11.5. The molecule has 0 aliphatic carbocycles. The molecule has 8 heteroatoms. The maximum Gasteiger partial charge on any atom is 0.312 e. The third-order valence-corrected chi connectivity index (χ3v) is 1.92. The van der Waals surface area contributed by atoms with Gasteiger partial charge in [0.15, 0.2) is 5.84 Å². The quantitative estimate of drug-likeness (QED) is 0.125. The number of oxime groups is 1. The molecule has 3 amide bonds. The van der Waals surface area contributed by atoms with Crippen LogP contribution in [0.2, 0.25) is 0 Å². The Hall–Kier alpha value is -1.99. The van der Waals surface area contributed by atoms with Crippen molar-refractivity contribution in [3.63, 3.8) is 0 Å². The summed E-state index contributed by atoms with van der Waals surface area (Å²) in [5.74, 6) is -1.16. The van der Waals surface area contributed by atoms with Gasteiger partial charge in [-0.2, -0.15) is 0 Å². The third kappa shape index (κ3) is 5.03. The molecule has 7 N–H and O–H groups in total. The Morgan fingerprint density at radius 3 is 2.31 bits per heavy atom. The highest BCUT2D eigenvalue weighted by Gasteiger charge is 2.20. The van der Waals surface area contributed by atoms with Gasteiger partial charge in [-0.25, -0.2) is 4.79 Å². The van der Waals surface area contributed by atoms with Crippen molar-refractivity contribution >= 4 is 17.8 Å². The molecule has 0 aromatic heterocycles. The van der Waals surface area contributed by atoms with Crippen LogP contribution in [0.15, 0.2) is 5.16 Å². The van der Waals surface area contributed by atoms with E-state index in [0.717, 1.165) is 0 Å². The molecule has 1 atom stereocenters. The van der Waals surface area contributed by atoms with Crippen LogP contribution in [0.3, 0.4) is 0 Å². The predicted molar refractivity (Wildman–Crippen MR) is 57.8 cm³/mol. The average Bonchev–Trinajstić information content (AvgIpc) is 2.24. The van der Waals surface area contributed by atoms with Gasteiger partial charge in [0.25, 0.3) is 0 Å². The van der Waals surface area contributed by atoms with Gasteiger partial charge in [-0.05, 0) is 6.42 Å². The molecule has 0 spiro atoms. The van der Waals surface area contributed by atoms with Crippen molar-refractivity contribution in [1.29, 1.82) is 0 Å². The first-order chi connectivity index (χ1) is 7.52. The van der Waals surface area contributed by atoms with Gasteiger partial charge >= 0.3 is 6.03 Å². The van der Waals surface area contributed by atoms with Crippen molar-refractivity contribution in [3.05, 3.63) is 0 Å². The number of urea groups is 1. The molecule has 0 rings (SSSR count). The zero-order chi connectivity index (χ0) is 12.6. The van der Waals surface area contributed by atoms with Gasteiger partial charge in [-0.15, -0.1) is 0 Å². The number of amides is 3. The first-order valence-corrected chi connectivity index (χ1v) is 4.81. The Kier molecular flexibility index (Phi) is 6.41. The number of nitrogens with two attached hydrogens (primary N) is 2. The molecule has 0 aliphatic rings. The zero-order valence-corrected chi connectivity index (χ0v) is 9.06. The molecule has 0 aromatic carbocycles. The van der Waals surface area contributed by atoms with E-state index >= 15 is 0 Å². The summed E-state index contributed by atoms with van der Waals surface area (Å²) in [4.78, 5) is 21.8. The Bertz CT molecular complexity index is 279. The van der Waals surface area contributed by atoms with E-state index in [1.165, 1.54) is 0 Å². The van der Waals surface area contributed by atoms with Crippen LogP contribution in [0.5, 0.6) is 0 Å². The number of hydrogen-bond donors (Lipinski definition) is 5. The molecule has 0 saturated heterocycles. The van der Waals surface area contributed by atoms with Crippen molar-refractivity contribution in [3.8, 4) is 0 Å². The number of carbonyl (C=O) groups is 2. The van der Waals surface area contributed by atoms with Crippen LogP contribution < -0.4 is 22.1 Å². The van der Waals surface area contributed by atoms with Crippen LogP contribution in [0, 0.1) is 5.92 Å². The lowest BCUT2D eigenvalue weighted by molar-refractivity contribution is -0.123. The monoisotopic (exact) mass is 231 g/mol. The van der Waals surface area contributed by atoms with Gasteiger partial charge in [0.1, 0.15) is 0 Å². The van der Waals surface area contributed by atoms with Crippen molar-refractivity contribution in [2.75, 3.05) is 13.1 Å². The van der Waals surface area contributed by atoms with Gasteiger partial charge in [0, 0.05) is 13.1 Å². The standard InChI is InChI=1S/C8H17N5O3/c1-2-5(6(9)13-16)7(14)11-3-4-12-8(10)15/h5,16H,2-4H2,1H3,(H2,9,13)(H,11,14)(H3,10,12,15). The first-order valence-electron chi connectivity index (χ1n) is 4.81. The highest BCUT2D eigenvalue weighted by Crippen LogP contribution is 2.02. The molecule has 0 bridgehead atoms. The molecular weight excluding hydrogens is 214 g/mol. The fraction of sp³-hybridized carbons (Fsp3) is 0.625. The van der Waals surface area contributed by atoms with E-state index in [-0.39, 0.29) is 24.8 Å². The first kappa shape index (κ1) is 14.0. The largest absolute Gasteiger partial charge is 0.409 e. The minimum absolute atomic E-state index is 0.136. The topological polar surface area (TPSA) is 143 Å². The van der Waals surface area contributed by atoms with Crippen LogP contribution in [0.25, 0.3) is 0 Å². The summed E-state index contributed by atoms with van der Waals surface area (Å²) in [6.45, 7) is 2.20. The van der Waals surface area contributed by atoms with Gasteiger partial charge in [-0.3, -0.25) is 4.79 Å². The summed E-state index contributed by atoms with van der Waals surface area (Å²) in [5.41, 5.74) is 10.2. The lowest BCUT2D eigenvalue weighted by Gasteiger charge is -2.13.